The Morgan fingerprint density at radius 2 is 1.18 bits per heavy atom. The Balaban J connectivity index is 0.000000142. The molecular weight excluding hydrogens is 266 g/mol. The number of aromatic amines is 1. The van der Waals surface area contributed by atoms with E-state index >= 15 is 0 Å². The molecule has 1 N–H and O–H groups in total. The summed E-state index contributed by atoms with van der Waals surface area (Å²) in [5.74, 6) is 0. The number of hydrogen-bond acceptors (Lipinski definition) is 0. The SMILES string of the molecule is C=CCc1ccccc1.c1ccc2c(c1)[nH]c1ccccc12. The average Bonchev–Trinajstić information content (AvgIpc) is 2.95. The van der Waals surface area contributed by atoms with Crippen molar-refractivity contribution < 1.29 is 0 Å². The fourth-order valence-electron chi connectivity index (χ4n) is 2.58. The van der Waals surface area contributed by atoms with Gasteiger partial charge in [-0.3, -0.25) is 0 Å². The van der Waals surface area contributed by atoms with E-state index in [2.05, 4.69) is 72.2 Å². The van der Waals surface area contributed by atoms with Gasteiger partial charge in [0.25, 0.3) is 0 Å². The van der Waals surface area contributed by atoms with Crippen LogP contribution in [0.15, 0.2) is 91.5 Å². The summed E-state index contributed by atoms with van der Waals surface area (Å²) in [6.45, 7) is 3.66. The molecule has 0 amide bonds. The van der Waals surface area contributed by atoms with Gasteiger partial charge in [0, 0.05) is 21.8 Å². The predicted octanol–water partition coefficient (Wildman–Crippen LogP) is 5.74. The third kappa shape index (κ3) is 3.09. The van der Waals surface area contributed by atoms with Gasteiger partial charge in [0.05, 0.1) is 0 Å². The fraction of sp³-hybridized carbons (Fsp3) is 0.0476. The summed E-state index contributed by atoms with van der Waals surface area (Å²) < 4.78 is 0. The maximum absolute atomic E-state index is 3.66. The van der Waals surface area contributed by atoms with Crippen molar-refractivity contribution in [2.75, 3.05) is 0 Å². The zero-order chi connectivity index (χ0) is 15.2. The molecule has 22 heavy (non-hydrogen) atoms. The number of benzene rings is 3. The Morgan fingerprint density at radius 1 is 0.682 bits per heavy atom. The Labute approximate surface area is 130 Å². The fourth-order valence-corrected chi connectivity index (χ4v) is 2.58. The third-order valence-corrected chi connectivity index (χ3v) is 3.64. The van der Waals surface area contributed by atoms with E-state index in [1.807, 2.05) is 24.3 Å². The molecule has 0 fully saturated rings. The van der Waals surface area contributed by atoms with Crippen molar-refractivity contribution in [3.8, 4) is 0 Å². The number of fused-ring (bicyclic) bond motifs is 3. The number of nitrogens with one attached hydrogen (secondary N) is 1. The van der Waals surface area contributed by atoms with Gasteiger partial charge >= 0.3 is 0 Å². The molecular formula is C21H19N. The summed E-state index contributed by atoms with van der Waals surface area (Å²) in [5.41, 5.74) is 3.75. The average molecular weight is 285 g/mol. The molecule has 0 saturated heterocycles. The zero-order valence-corrected chi connectivity index (χ0v) is 12.5. The Bertz CT molecular complexity index is 822. The molecule has 0 aliphatic heterocycles. The second kappa shape index (κ2) is 6.77. The van der Waals surface area contributed by atoms with Crippen LogP contribution in [0.25, 0.3) is 21.8 Å². The lowest BCUT2D eigenvalue weighted by Gasteiger charge is -1.91. The van der Waals surface area contributed by atoms with E-state index in [0.717, 1.165) is 6.42 Å². The molecule has 4 aromatic rings. The van der Waals surface area contributed by atoms with Crippen molar-refractivity contribution in [3.63, 3.8) is 0 Å². The van der Waals surface area contributed by atoms with E-state index in [9.17, 15) is 0 Å². The number of para-hydroxylation sites is 2. The van der Waals surface area contributed by atoms with Crippen molar-refractivity contribution >= 4 is 21.8 Å². The van der Waals surface area contributed by atoms with Crippen molar-refractivity contribution in [2.45, 2.75) is 6.42 Å². The molecule has 0 radical (unpaired) electrons. The summed E-state index contributed by atoms with van der Waals surface area (Å²) in [4.78, 5) is 3.38. The summed E-state index contributed by atoms with van der Waals surface area (Å²) >= 11 is 0. The first-order valence-electron chi connectivity index (χ1n) is 7.49. The molecule has 0 aliphatic rings. The van der Waals surface area contributed by atoms with Crippen LogP contribution in [0.4, 0.5) is 0 Å². The van der Waals surface area contributed by atoms with Gasteiger partial charge < -0.3 is 4.98 Å². The van der Waals surface area contributed by atoms with Crippen LogP contribution in [0, 0.1) is 0 Å². The van der Waals surface area contributed by atoms with Crippen molar-refractivity contribution in [3.05, 3.63) is 97.1 Å². The van der Waals surface area contributed by atoms with Crippen molar-refractivity contribution in [1.82, 2.24) is 4.98 Å². The number of hydrogen-bond donors (Lipinski definition) is 1. The van der Waals surface area contributed by atoms with Crippen LogP contribution in [0.1, 0.15) is 5.56 Å². The lowest BCUT2D eigenvalue weighted by atomic mass is 10.2. The van der Waals surface area contributed by atoms with Crippen LogP contribution in [0.2, 0.25) is 0 Å². The number of H-pyrrole nitrogens is 1. The van der Waals surface area contributed by atoms with Crippen molar-refractivity contribution in [2.24, 2.45) is 0 Å². The highest BCUT2D eigenvalue weighted by atomic mass is 14.7. The summed E-state index contributed by atoms with van der Waals surface area (Å²) in [6.07, 6.45) is 2.89. The zero-order valence-electron chi connectivity index (χ0n) is 12.5. The summed E-state index contributed by atoms with van der Waals surface area (Å²) in [6, 6.07) is 27.1. The molecule has 1 nitrogen and oxygen atoms in total. The van der Waals surface area contributed by atoms with Crippen LogP contribution in [0.5, 0.6) is 0 Å². The van der Waals surface area contributed by atoms with E-state index < -0.39 is 0 Å². The van der Waals surface area contributed by atoms with Crippen LogP contribution in [0.3, 0.4) is 0 Å². The van der Waals surface area contributed by atoms with Crippen LogP contribution in [-0.2, 0) is 6.42 Å². The molecule has 3 aromatic carbocycles. The second-order valence-corrected chi connectivity index (χ2v) is 5.19. The minimum absolute atomic E-state index is 0.973. The number of aromatic nitrogens is 1. The molecule has 0 spiro atoms. The molecule has 1 heteroatoms. The first-order valence-corrected chi connectivity index (χ1v) is 7.49. The second-order valence-electron chi connectivity index (χ2n) is 5.19. The molecule has 0 saturated carbocycles. The van der Waals surface area contributed by atoms with E-state index in [-0.39, 0.29) is 0 Å². The molecule has 0 aliphatic carbocycles. The first-order chi connectivity index (χ1) is 10.9. The standard InChI is InChI=1S/C12H9N.C9H10/c1-3-7-11-9(5-1)10-6-2-4-8-12(10)13-11;1-2-6-9-7-4-3-5-8-9/h1-8,13H;2-5,7-8H,1,6H2. The molecule has 1 aromatic heterocycles. The lowest BCUT2D eigenvalue weighted by molar-refractivity contribution is 1.28. The lowest BCUT2D eigenvalue weighted by Crippen LogP contribution is -1.75. The van der Waals surface area contributed by atoms with E-state index in [1.165, 1.54) is 27.4 Å². The van der Waals surface area contributed by atoms with E-state index in [1.54, 1.807) is 0 Å². The minimum atomic E-state index is 0.973. The molecule has 0 unspecified atom stereocenters. The van der Waals surface area contributed by atoms with Gasteiger partial charge in [-0.25, -0.2) is 0 Å². The number of allylic oxidation sites excluding steroid dienone is 1. The third-order valence-electron chi connectivity index (χ3n) is 3.64. The quantitative estimate of drug-likeness (QED) is 0.452. The van der Waals surface area contributed by atoms with Crippen LogP contribution >= 0.6 is 0 Å². The maximum atomic E-state index is 3.66. The van der Waals surface area contributed by atoms with Gasteiger partial charge in [-0.2, -0.15) is 0 Å². The van der Waals surface area contributed by atoms with Gasteiger partial charge in [0.15, 0.2) is 0 Å². The molecule has 0 bridgehead atoms. The van der Waals surface area contributed by atoms with E-state index in [4.69, 9.17) is 0 Å². The highest BCUT2D eigenvalue weighted by Crippen LogP contribution is 2.24. The normalized spacial score (nSPS) is 10.2. The largest absolute Gasteiger partial charge is 0.355 e. The smallest absolute Gasteiger partial charge is 0.0464 e. The van der Waals surface area contributed by atoms with Crippen LogP contribution in [-0.4, -0.2) is 4.98 Å². The Hall–Kier alpha value is -2.80. The van der Waals surface area contributed by atoms with Gasteiger partial charge in [-0.15, -0.1) is 6.58 Å². The van der Waals surface area contributed by atoms with Gasteiger partial charge in [0.1, 0.15) is 0 Å². The molecule has 4 rings (SSSR count). The predicted molar refractivity (Wildman–Crippen MR) is 96.1 cm³/mol. The van der Waals surface area contributed by atoms with Crippen molar-refractivity contribution in [1.29, 1.82) is 0 Å². The first kappa shape index (κ1) is 14.2. The van der Waals surface area contributed by atoms with Gasteiger partial charge in [0.2, 0.25) is 0 Å². The highest BCUT2D eigenvalue weighted by Gasteiger charge is 2.00. The summed E-state index contributed by atoms with van der Waals surface area (Å²) in [5, 5.41) is 2.61. The van der Waals surface area contributed by atoms with Gasteiger partial charge in [-0.1, -0.05) is 72.8 Å². The molecule has 108 valence electrons. The highest BCUT2D eigenvalue weighted by molar-refractivity contribution is 6.06. The summed E-state index contributed by atoms with van der Waals surface area (Å²) in [7, 11) is 0. The Kier molecular flexibility index (Phi) is 4.35. The van der Waals surface area contributed by atoms with E-state index in [0.29, 0.717) is 0 Å². The van der Waals surface area contributed by atoms with Crippen LogP contribution < -0.4 is 0 Å². The monoisotopic (exact) mass is 285 g/mol. The molecule has 1 heterocycles. The minimum Gasteiger partial charge on any atom is -0.355 e. The van der Waals surface area contributed by atoms with Gasteiger partial charge in [-0.05, 0) is 24.1 Å². The Morgan fingerprint density at radius 3 is 1.73 bits per heavy atom. The molecule has 0 atom stereocenters. The topological polar surface area (TPSA) is 15.8 Å². The maximum Gasteiger partial charge on any atom is 0.0464 e. The number of rotatable bonds is 2.